The second-order valence-corrected chi connectivity index (χ2v) is 6.88. The number of aryl methyl sites for hydroxylation is 1. The fraction of sp³-hybridized carbons (Fsp3) is 0.350. The van der Waals surface area contributed by atoms with Crippen molar-refractivity contribution in [2.24, 2.45) is 0 Å². The molecule has 8 heteroatoms. The molecule has 0 unspecified atom stereocenters. The molecule has 0 atom stereocenters. The Bertz CT molecular complexity index is 846. The lowest BCUT2D eigenvalue weighted by atomic mass is 10.1. The molecule has 0 saturated carbocycles. The van der Waals surface area contributed by atoms with Gasteiger partial charge >= 0.3 is 0 Å². The highest BCUT2D eigenvalue weighted by atomic mass is 16.6. The minimum atomic E-state index is -0.481. The maximum Gasteiger partial charge on any atom is 0.269 e. The molecule has 1 aliphatic rings. The molecule has 0 bridgehead atoms. The summed E-state index contributed by atoms with van der Waals surface area (Å²) in [5.74, 6) is 0.122. The maximum atomic E-state index is 12.2. The largest absolute Gasteiger partial charge is 0.484 e. The first-order valence-corrected chi connectivity index (χ1v) is 9.13. The van der Waals surface area contributed by atoms with Gasteiger partial charge in [0.2, 0.25) is 0 Å². The normalized spacial score (nSPS) is 14.6. The molecule has 1 N–H and O–H groups in total. The van der Waals surface area contributed by atoms with Crippen LogP contribution in [0.25, 0.3) is 0 Å². The molecule has 0 aromatic heterocycles. The monoisotopic (exact) mass is 384 g/mol. The topological polar surface area (TPSA) is 88.0 Å². The van der Waals surface area contributed by atoms with Crippen molar-refractivity contribution in [2.75, 3.05) is 50.1 Å². The first-order chi connectivity index (χ1) is 13.4. The number of nitrogens with one attached hydrogen (secondary N) is 1. The van der Waals surface area contributed by atoms with Gasteiger partial charge in [0.15, 0.2) is 6.61 Å². The highest BCUT2D eigenvalue weighted by Crippen LogP contribution is 2.24. The molecular formula is C20H24N4O4. The standard InChI is InChI=1S/C20H24N4O4/c1-15-13-17(23-11-9-22(2)10-12-23)5-8-19(15)21-20(25)14-28-18-6-3-16(4-7-18)24(26)27/h3-8,13H,9-12,14H2,1-2H3,(H,21,25). The lowest BCUT2D eigenvalue weighted by Gasteiger charge is -2.34. The SMILES string of the molecule is Cc1cc(N2CCN(C)CC2)ccc1NC(=O)COc1ccc([N+](=O)[O-])cc1. The molecule has 3 rings (SSSR count). The summed E-state index contributed by atoms with van der Waals surface area (Å²) in [5.41, 5.74) is 2.87. The van der Waals surface area contributed by atoms with E-state index in [1.807, 2.05) is 19.1 Å². The summed E-state index contributed by atoms with van der Waals surface area (Å²) in [4.78, 5) is 27.0. The van der Waals surface area contributed by atoms with E-state index in [0.29, 0.717) is 5.75 Å². The van der Waals surface area contributed by atoms with Crippen molar-refractivity contribution in [3.63, 3.8) is 0 Å². The van der Waals surface area contributed by atoms with E-state index in [9.17, 15) is 14.9 Å². The van der Waals surface area contributed by atoms with Crippen LogP contribution in [-0.2, 0) is 4.79 Å². The smallest absolute Gasteiger partial charge is 0.269 e. The van der Waals surface area contributed by atoms with E-state index in [1.165, 1.54) is 24.3 Å². The summed E-state index contributed by atoms with van der Waals surface area (Å²) < 4.78 is 5.40. The minimum absolute atomic E-state index is 0.0205. The average molecular weight is 384 g/mol. The zero-order valence-corrected chi connectivity index (χ0v) is 16.1. The minimum Gasteiger partial charge on any atom is -0.484 e. The molecule has 148 valence electrons. The third-order valence-electron chi connectivity index (χ3n) is 4.77. The molecule has 1 aliphatic heterocycles. The van der Waals surface area contributed by atoms with Gasteiger partial charge in [-0.05, 0) is 49.9 Å². The lowest BCUT2D eigenvalue weighted by molar-refractivity contribution is -0.384. The zero-order chi connectivity index (χ0) is 20.1. The van der Waals surface area contributed by atoms with E-state index in [1.54, 1.807) is 0 Å². The summed E-state index contributed by atoms with van der Waals surface area (Å²) in [6.45, 7) is 5.86. The van der Waals surface area contributed by atoms with Gasteiger partial charge in [-0.25, -0.2) is 0 Å². The van der Waals surface area contributed by atoms with E-state index in [2.05, 4.69) is 28.2 Å². The number of carbonyl (C=O) groups excluding carboxylic acids is 1. The fourth-order valence-corrected chi connectivity index (χ4v) is 3.05. The van der Waals surface area contributed by atoms with Crippen LogP contribution in [0.4, 0.5) is 17.1 Å². The number of nitrogens with zero attached hydrogens (tertiary/aromatic N) is 3. The van der Waals surface area contributed by atoms with Crippen LogP contribution in [0.1, 0.15) is 5.56 Å². The number of amides is 1. The molecule has 0 spiro atoms. The number of nitro groups is 1. The van der Waals surface area contributed by atoms with Crippen LogP contribution < -0.4 is 15.0 Å². The molecule has 1 amide bonds. The Morgan fingerprint density at radius 3 is 2.43 bits per heavy atom. The third kappa shape index (κ3) is 4.98. The summed E-state index contributed by atoms with van der Waals surface area (Å²) >= 11 is 0. The third-order valence-corrected chi connectivity index (χ3v) is 4.77. The Balaban J connectivity index is 1.54. The molecule has 8 nitrogen and oxygen atoms in total. The number of likely N-dealkylation sites (N-methyl/N-ethyl adjacent to an activating group) is 1. The van der Waals surface area contributed by atoms with Gasteiger partial charge in [0, 0.05) is 49.7 Å². The first-order valence-electron chi connectivity index (χ1n) is 9.13. The van der Waals surface area contributed by atoms with Crippen LogP contribution >= 0.6 is 0 Å². The van der Waals surface area contributed by atoms with E-state index in [0.717, 1.165) is 43.1 Å². The molecule has 0 aliphatic carbocycles. The molecule has 1 saturated heterocycles. The lowest BCUT2D eigenvalue weighted by Crippen LogP contribution is -2.44. The van der Waals surface area contributed by atoms with Crippen molar-refractivity contribution >= 4 is 23.0 Å². The predicted octanol–water partition coefficient (Wildman–Crippen LogP) is 2.67. The van der Waals surface area contributed by atoms with E-state index in [4.69, 9.17) is 4.74 Å². The van der Waals surface area contributed by atoms with Crippen molar-refractivity contribution in [1.29, 1.82) is 0 Å². The van der Waals surface area contributed by atoms with Gasteiger partial charge in [-0.3, -0.25) is 14.9 Å². The zero-order valence-electron chi connectivity index (χ0n) is 16.1. The van der Waals surface area contributed by atoms with Crippen molar-refractivity contribution in [2.45, 2.75) is 6.92 Å². The highest BCUT2D eigenvalue weighted by Gasteiger charge is 2.15. The van der Waals surface area contributed by atoms with Crippen molar-refractivity contribution < 1.29 is 14.5 Å². The van der Waals surface area contributed by atoms with Crippen LogP contribution in [-0.4, -0.2) is 55.6 Å². The van der Waals surface area contributed by atoms with Crippen LogP contribution in [0.2, 0.25) is 0 Å². The Morgan fingerprint density at radius 2 is 1.82 bits per heavy atom. The molecule has 2 aromatic rings. The number of rotatable bonds is 6. The highest BCUT2D eigenvalue weighted by molar-refractivity contribution is 5.92. The first kappa shape index (κ1) is 19.6. The van der Waals surface area contributed by atoms with Gasteiger partial charge in [0.1, 0.15) is 5.75 Å². The van der Waals surface area contributed by atoms with Gasteiger partial charge in [0.25, 0.3) is 11.6 Å². The molecule has 0 radical (unpaired) electrons. The van der Waals surface area contributed by atoms with Gasteiger partial charge in [-0.1, -0.05) is 0 Å². The maximum absolute atomic E-state index is 12.2. The quantitative estimate of drug-likeness (QED) is 0.609. The second kappa shape index (κ2) is 8.71. The number of anilines is 2. The van der Waals surface area contributed by atoms with Crippen LogP contribution in [0, 0.1) is 17.0 Å². The molecule has 1 fully saturated rings. The number of benzene rings is 2. The fourth-order valence-electron chi connectivity index (χ4n) is 3.05. The van der Waals surface area contributed by atoms with Gasteiger partial charge in [-0.2, -0.15) is 0 Å². The number of carbonyl (C=O) groups is 1. The van der Waals surface area contributed by atoms with E-state index >= 15 is 0 Å². The summed E-state index contributed by atoms with van der Waals surface area (Å²) in [6, 6.07) is 11.6. The number of non-ortho nitro benzene ring substituents is 1. The summed E-state index contributed by atoms with van der Waals surface area (Å²) in [5, 5.41) is 13.5. The molecule has 2 aromatic carbocycles. The van der Waals surface area contributed by atoms with Crippen LogP contribution in [0.3, 0.4) is 0 Å². The Morgan fingerprint density at radius 1 is 1.14 bits per heavy atom. The summed E-state index contributed by atoms with van der Waals surface area (Å²) in [6.07, 6.45) is 0. The number of ether oxygens (including phenoxy) is 1. The van der Waals surface area contributed by atoms with Gasteiger partial charge in [0.05, 0.1) is 4.92 Å². The van der Waals surface area contributed by atoms with Crippen LogP contribution in [0.5, 0.6) is 5.75 Å². The van der Waals surface area contributed by atoms with Gasteiger partial charge in [-0.15, -0.1) is 0 Å². The van der Waals surface area contributed by atoms with Crippen molar-refractivity contribution in [3.8, 4) is 5.75 Å². The van der Waals surface area contributed by atoms with Crippen molar-refractivity contribution in [1.82, 2.24) is 4.90 Å². The van der Waals surface area contributed by atoms with Gasteiger partial charge < -0.3 is 19.9 Å². The average Bonchev–Trinajstić information content (AvgIpc) is 2.69. The molecular weight excluding hydrogens is 360 g/mol. The van der Waals surface area contributed by atoms with E-state index < -0.39 is 4.92 Å². The summed E-state index contributed by atoms with van der Waals surface area (Å²) in [7, 11) is 2.12. The van der Waals surface area contributed by atoms with Crippen LogP contribution in [0.15, 0.2) is 42.5 Å². The molecule has 28 heavy (non-hydrogen) atoms. The Kier molecular flexibility index (Phi) is 6.10. The molecule has 1 heterocycles. The number of hydrogen-bond donors (Lipinski definition) is 1. The Hall–Kier alpha value is -3.13. The number of nitro benzene ring substituents is 1. The number of hydrogen-bond acceptors (Lipinski definition) is 6. The number of piperazine rings is 1. The second-order valence-electron chi connectivity index (χ2n) is 6.88. The van der Waals surface area contributed by atoms with Crippen molar-refractivity contribution in [3.05, 3.63) is 58.1 Å². The predicted molar refractivity (Wildman–Crippen MR) is 108 cm³/mol. The Labute approximate surface area is 163 Å². The van der Waals surface area contributed by atoms with E-state index in [-0.39, 0.29) is 18.2 Å².